The molecule has 2 aromatic carbocycles. The molecule has 0 aromatic heterocycles. The Balaban J connectivity index is 1.32. The van der Waals surface area contributed by atoms with Crippen molar-refractivity contribution in [2.24, 2.45) is 35.5 Å². The van der Waals surface area contributed by atoms with Crippen LogP contribution in [0.15, 0.2) is 54.6 Å². The van der Waals surface area contributed by atoms with Crippen molar-refractivity contribution in [1.29, 1.82) is 0 Å². The molecule has 18 heteroatoms. The number of rotatable bonds is 34. The fourth-order valence-corrected chi connectivity index (χ4v) is 12.0. The number of aliphatic hydroxyl groups excluding tert-OH is 1. The molecule has 11 atom stereocenters. The molecule has 0 spiro atoms. The second-order valence-corrected chi connectivity index (χ2v) is 23.7. The first kappa shape index (κ1) is 66.3. The molecule has 2 aliphatic heterocycles. The standard InChI is InChI=1S/C61H93N5O12S/c1-14-40(6)56(51(76-11)34-53(70)65-31-21-25-48(65)58(77-12)42(8)49(68)32-41(7)57(72)44-22-17-15-18-23-44)63(9)59(73)47(38(2)3)33-50(69)55(39(4)5)64(10)61(75)78-37-43-26-28-45(29-27-43)62-36-46(67)24-19-16-20-30-66-54(71)35-52(79-13)60(66)74/h15,17-18,22-23,26-29,38-42,47-48,51-52,55-58,62,72H,14,16,19-21,24-25,30-37H2,1-13H3/t40-,41-,42-,47-,48-,51+,52?,55-,56-,57?,58+/m0/s1. The number of likely N-dealkylation sites (N-methyl/N-ethyl adjacent to an activating group) is 2. The molecule has 0 bridgehead atoms. The topological polar surface area (TPSA) is 209 Å². The van der Waals surface area contributed by atoms with Crippen molar-refractivity contribution >= 4 is 64.5 Å². The van der Waals surface area contributed by atoms with Crippen LogP contribution in [0.4, 0.5) is 10.5 Å². The summed E-state index contributed by atoms with van der Waals surface area (Å²) < 4.78 is 17.8. The molecule has 79 heavy (non-hydrogen) atoms. The summed E-state index contributed by atoms with van der Waals surface area (Å²) in [5, 5.41) is 13.8. The SMILES string of the molecule is CC[C@H](C)[C@@H]([C@@H](CC(=O)N1CCC[C@H]1[C@H](OC)[C@@H](C)C(=O)C[C@H](C)C(O)c1ccccc1)OC)N(C)C(=O)[C@@H](CC(=O)[C@H](C(C)C)N(C)C(=O)OCc1ccc(NCC(=O)CCCCCN2C(=O)CC(SC)C2=O)cc1)C(C)C. The van der Waals surface area contributed by atoms with E-state index in [-0.39, 0.29) is 115 Å². The molecule has 440 valence electrons. The zero-order chi connectivity index (χ0) is 58.7. The van der Waals surface area contributed by atoms with Gasteiger partial charge >= 0.3 is 6.09 Å². The van der Waals surface area contributed by atoms with Gasteiger partial charge in [-0.2, -0.15) is 11.8 Å². The van der Waals surface area contributed by atoms with Gasteiger partial charge in [0.2, 0.25) is 23.6 Å². The molecule has 0 radical (unpaired) electrons. The largest absolute Gasteiger partial charge is 0.445 e. The Morgan fingerprint density at radius 1 is 0.810 bits per heavy atom. The number of carbonyl (C=O) groups is 8. The van der Waals surface area contributed by atoms with E-state index in [0.29, 0.717) is 50.8 Å². The van der Waals surface area contributed by atoms with E-state index in [0.717, 1.165) is 24.1 Å². The summed E-state index contributed by atoms with van der Waals surface area (Å²) in [5.74, 6) is -3.25. The van der Waals surface area contributed by atoms with E-state index in [1.807, 2.05) is 92.0 Å². The number of benzene rings is 2. The van der Waals surface area contributed by atoms with Crippen LogP contribution in [-0.4, -0.2) is 162 Å². The van der Waals surface area contributed by atoms with Crippen LogP contribution >= 0.6 is 11.8 Å². The number of methoxy groups -OCH3 is 2. The third kappa shape index (κ3) is 18.4. The first-order valence-corrected chi connectivity index (χ1v) is 29.8. The number of aliphatic hydroxyl groups is 1. The molecule has 4 rings (SSSR count). The number of hydrogen-bond donors (Lipinski definition) is 2. The maximum absolute atomic E-state index is 14.8. The van der Waals surface area contributed by atoms with Crippen molar-refractivity contribution in [3.05, 3.63) is 65.7 Å². The van der Waals surface area contributed by atoms with Crippen molar-refractivity contribution in [2.45, 2.75) is 174 Å². The number of likely N-dealkylation sites (tertiary alicyclic amines) is 2. The lowest BCUT2D eigenvalue weighted by molar-refractivity contribution is -0.149. The van der Waals surface area contributed by atoms with Gasteiger partial charge in [-0.3, -0.25) is 38.5 Å². The van der Waals surface area contributed by atoms with Crippen LogP contribution < -0.4 is 5.32 Å². The van der Waals surface area contributed by atoms with Gasteiger partial charge in [-0.15, -0.1) is 0 Å². The lowest BCUT2D eigenvalue weighted by Crippen LogP contribution is -2.54. The van der Waals surface area contributed by atoms with Crippen molar-refractivity contribution in [3.8, 4) is 0 Å². The number of hydrogen-bond acceptors (Lipinski definition) is 14. The second-order valence-electron chi connectivity index (χ2n) is 22.7. The molecule has 0 aliphatic carbocycles. The maximum Gasteiger partial charge on any atom is 0.410 e. The molecule has 2 heterocycles. The summed E-state index contributed by atoms with van der Waals surface area (Å²) in [6.07, 6.45) is 3.81. The molecule has 2 aromatic rings. The predicted molar refractivity (Wildman–Crippen MR) is 308 cm³/mol. The Labute approximate surface area is 474 Å². The van der Waals surface area contributed by atoms with E-state index >= 15 is 0 Å². The lowest BCUT2D eigenvalue weighted by atomic mass is 9.83. The van der Waals surface area contributed by atoms with Crippen LogP contribution in [-0.2, 0) is 54.4 Å². The van der Waals surface area contributed by atoms with Gasteiger partial charge in [0.05, 0.1) is 54.7 Å². The van der Waals surface area contributed by atoms with Gasteiger partial charge in [-0.05, 0) is 78.9 Å². The average molecular weight is 1120 g/mol. The van der Waals surface area contributed by atoms with E-state index in [4.69, 9.17) is 14.2 Å². The van der Waals surface area contributed by atoms with Gasteiger partial charge in [-0.25, -0.2) is 4.79 Å². The first-order valence-electron chi connectivity index (χ1n) is 28.5. The number of nitrogens with one attached hydrogen (secondary N) is 1. The van der Waals surface area contributed by atoms with Crippen molar-refractivity contribution in [2.75, 3.05) is 59.5 Å². The number of ether oxygens (including phenoxy) is 3. The lowest BCUT2D eigenvalue weighted by Gasteiger charge is -2.41. The summed E-state index contributed by atoms with van der Waals surface area (Å²) in [7, 11) is 6.34. The van der Waals surface area contributed by atoms with Crippen LogP contribution in [0.5, 0.6) is 0 Å². The molecule has 2 saturated heterocycles. The summed E-state index contributed by atoms with van der Waals surface area (Å²) in [4.78, 5) is 114. The zero-order valence-corrected chi connectivity index (χ0v) is 50.3. The summed E-state index contributed by atoms with van der Waals surface area (Å²) in [6.45, 7) is 16.2. The number of imide groups is 1. The number of carbonyl (C=O) groups excluding carboxylic acids is 8. The molecular formula is C61H93N5O12S. The van der Waals surface area contributed by atoms with E-state index in [1.165, 1.54) is 28.6 Å². The minimum absolute atomic E-state index is 0.0216. The number of ketones is 3. The number of unbranched alkanes of at least 4 members (excludes halogenated alkanes) is 2. The molecule has 2 aliphatic rings. The predicted octanol–water partition coefficient (Wildman–Crippen LogP) is 8.79. The zero-order valence-electron chi connectivity index (χ0n) is 49.4. The van der Waals surface area contributed by atoms with E-state index in [1.54, 1.807) is 55.3 Å². The van der Waals surface area contributed by atoms with E-state index < -0.39 is 48.3 Å². The van der Waals surface area contributed by atoms with Gasteiger partial charge in [0, 0.05) is 84.6 Å². The van der Waals surface area contributed by atoms with Gasteiger partial charge in [0.1, 0.15) is 12.4 Å². The van der Waals surface area contributed by atoms with Crippen LogP contribution in [0.1, 0.15) is 143 Å². The summed E-state index contributed by atoms with van der Waals surface area (Å²) in [6, 6.07) is 14.7. The van der Waals surface area contributed by atoms with Crippen LogP contribution in [0.3, 0.4) is 0 Å². The maximum atomic E-state index is 14.8. The Morgan fingerprint density at radius 3 is 2.06 bits per heavy atom. The van der Waals surface area contributed by atoms with Crippen LogP contribution in [0.2, 0.25) is 0 Å². The van der Waals surface area contributed by atoms with Gasteiger partial charge in [0.25, 0.3) is 0 Å². The van der Waals surface area contributed by atoms with Gasteiger partial charge < -0.3 is 39.3 Å². The average Bonchev–Trinajstić information content (AvgIpc) is 4.04. The Kier molecular flexibility index (Phi) is 27.1. The van der Waals surface area contributed by atoms with Gasteiger partial charge in [-0.1, -0.05) is 111 Å². The van der Waals surface area contributed by atoms with Crippen LogP contribution in [0, 0.1) is 35.5 Å². The molecule has 17 nitrogen and oxygen atoms in total. The molecular weight excluding hydrogens is 1030 g/mol. The highest BCUT2D eigenvalue weighted by Gasteiger charge is 2.44. The molecule has 0 saturated carbocycles. The Hall–Kier alpha value is -5.17. The highest BCUT2D eigenvalue weighted by Crippen LogP contribution is 2.33. The van der Waals surface area contributed by atoms with Gasteiger partial charge in [0.15, 0.2) is 11.6 Å². The Bertz CT molecular complexity index is 2320. The summed E-state index contributed by atoms with van der Waals surface area (Å²) in [5.41, 5.74) is 2.17. The normalized spacial score (nSPS) is 19.1. The minimum atomic E-state index is -0.886. The minimum Gasteiger partial charge on any atom is -0.445 e. The third-order valence-corrected chi connectivity index (χ3v) is 17.3. The number of thioether (sulfide) groups is 1. The monoisotopic (exact) mass is 1120 g/mol. The number of amides is 5. The third-order valence-electron chi connectivity index (χ3n) is 16.4. The van der Waals surface area contributed by atoms with Crippen LogP contribution in [0.25, 0.3) is 0 Å². The number of Topliss-reactive ketones (excluding diaryl/α,β-unsaturated/α-hetero) is 3. The van der Waals surface area contributed by atoms with E-state index in [9.17, 15) is 43.5 Å². The molecule has 2 unspecified atom stereocenters. The Morgan fingerprint density at radius 2 is 1.48 bits per heavy atom. The number of nitrogens with zero attached hydrogens (tertiary/aromatic N) is 4. The smallest absolute Gasteiger partial charge is 0.410 e. The highest BCUT2D eigenvalue weighted by atomic mass is 32.2. The van der Waals surface area contributed by atoms with Crippen molar-refractivity contribution in [1.82, 2.24) is 19.6 Å². The van der Waals surface area contributed by atoms with E-state index in [2.05, 4.69) is 5.32 Å². The second kappa shape index (κ2) is 32.3. The molecule has 2 fully saturated rings. The summed E-state index contributed by atoms with van der Waals surface area (Å²) >= 11 is 1.40. The quantitative estimate of drug-likeness (QED) is 0.0496. The number of anilines is 1. The van der Waals surface area contributed by atoms with Crippen molar-refractivity contribution < 1.29 is 57.7 Å². The first-order chi connectivity index (χ1) is 37.5. The fourth-order valence-electron chi connectivity index (χ4n) is 11.4. The molecule has 2 N–H and O–H groups in total. The fraction of sp³-hybridized carbons (Fsp3) is 0.672. The van der Waals surface area contributed by atoms with Crippen molar-refractivity contribution in [3.63, 3.8) is 0 Å². The highest BCUT2D eigenvalue weighted by molar-refractivity contribution is 8.00. The molecule has 5 amide bonds.